The van der Waals surface area contributed by atoms with Gasteiger partial charge in [-0.25, -0.2) is 4.68 Å². The van der Waals surface area contributed by atoms with Gasteiger partial charge in [0.05, 0.1) is 0 Å². The van der Waals surface area contributed by atoms with E-state index in [1.165, 1.54) is 18.4 Å². The van der Waals surface area contributed by atoms with Gasteiger partial charge in [0.15, 0.2) is 5.82 Å². The molecule has 0 spiro atoms. The van der Waals surface area contributed by atoms with Crippen molar-refractivity contribution in [2.24, 2.45) is 13.0 Å². The van der Waals surface area contributed by atoms with Gasteiger partial charge in [0.1, 0.15) is 0 Å². The number of anilines is 1. The molecule has 2 aromatic rings. The lowest BCUT2D eigenvalue weighted by Gasteiger charge is -2.28. The Morgan fingerprint density at radius 3 is 2.50 bits per heavy atom. The molecule has 2 fully saturated rings. The molecule has 150 valence electrons. The summed E-state index contributed by atoms with van der Waals surface area (Å²) in [6.07, 6.45) is 7.27. The molecule has 0 unspecified atom stereocenters. The molecule has 28 heavy (non-hydrogen) atoms. The summed E-state index contributed by atoms with van der Waals surface area (Å²) >= 11 is 0. The van der Waals surface area contributed by atoms with Gasteiger partial charge in [0, 0.05) is 19.4 Å². The zero-order valence-electron chi connectivity index (χ0n) is 16.7. The molecule has 1 aliphatic carbocycles. The average Bonchev–Trinajstić information content (AvgIpc) is 3.10. The van der Waals surface area contributed by atoms with Crippen molar-refractivity contribution in [3.8, 4) is 0 Å². The number of rotatable bonds is 5. The van der Waals surface area contributed by atoms with Crippen LogP contribution in [0, 0.1) is 5.92 Å². The van der Waals surface area contributed by atoms with Gasteiger partial charge in [-0.3, -0.25) is 10.1 Å². The molecule has 6 heteroatoms. The number of nitrogens with zero attached hydrogens (tertiary/aromatic N) is 3. The Labute approximate surface area is 167 Å². The summed E-state index contributed by atoms with van der Waals surface area (Å²) < 4.78 is 1.71. The number of amides is 1. The van der Waals surface area contributed by atoms with E-state index in [1.54, 1.807) is 4.68 Å². The zero-order chi connectivity index (χ0) is 19.3. The Morgan fingerprint density at radius 2 is 1.79 bits per heavy atom. The van der Waals surface area contributed by atoms with Gasteiger partial charge in [0.2, 0.25) is 11.9 Å². The zero-order valence-corrected chi connectivity index (χ0v) is 16.7. The number of hydrogen-bond donors (Lipinski definition) is 2. The Kier molecular flexibility index (Phi) is 6.05. The summed E-state index contributed by atoms with van der Waals surface area (Å²) in [7, 11) is 1.86. The third-order valence-corrected chi connectivity index (χ3v) is 6.33. The van der Waals surface area contributed by atoms with E-state index in [4.69, 9.17) is 0 Å². The highest BCUT2D eigenvalue weighted by Crippen LogP contribution is 2.37. The maximum atomic E-state index is 12.6. The van der Waals surface area contributed by atoms with Crippen LogP contribution in [0.2, 0.25) is 0 Å². The van der Waals surface area contributed by atoms with Gasteiger partial charge in [-0.05, 0) is 69.0 Å². The van der Waals surface area contributed by atoms with Gasteiger partial charge in [-0.1, -0.05) is 30.3 Å². The molecule has 0 bridgehead atoms. The summed E-state index contributed by atoms with van der Waals surface area (Å²) in [5, 5.41) is 10.9. The number of nitrogens with one attached hydrogen (secondary N) is 2. The van der Waals surface area contributed by atoms with Gasteiger partial charge >= 0.3 is 0 Å². The second-order valence-corrected chi connectivity index (χ2v) is 8.32. The number of aryl methyl sites for hydroxylation is 1. The molecule has 1 saturated heterocycles. The van der Waals surface area contributed by atoms with Crippen LogP contribution in [0.4, 0.5) is 5.95 Å². The van der Waals surface area contributed by atoms with Gasteiger partial charge in [-0.15, -0.1) is 0 Å². The van der Waals surface area contributed by atoms with Crippen molar-refractivity contribution in [3.05, 3.63) is 41.7 Å². The van der Waals surface area contributed by atoms with Crippen LogP contribution >= 0.6 is 0 Å². The van der Waals surface area contributed by atoms with Crippen LogP contribution in [0.3, 0.4) is 0 Å². The standard InChI is InChI=1S/C22H31N5O/c1-27-22(25-21(26-27)19-11-13-23-14-12-19)24-20(28)15-16-7-9-18(10-8-16)17-5-3-2-4-6-17/h2-6,16,18-19,23H,7-15H2,1H3,(H,24,25,26,28). The van der Waals surface area contributed by atoms with Crippen molar-refractivity contribution in [1.29, 1.82) is 0 Å². The van der Waals surface area contributed by atoms with Crippen molar-refractivity contribution >= 4 is 11.9 Å². The molecular formula is C22H31N5O. The molecule has 1 aromatic heterocycles. The molecule has 2 aliphatic rings. The number of carbonyl (C=O) groups is 1. The van der Waals surface area contributed by atoms with Crippen molar-refractivity contribution in [3.63, 3.8) is 0 Å². The topological polar surface area (TPSA) is 71.8 Å². The molecule has 0 radical (unpaired) electrons. The third-order valence-electron chi connectivity index (χ3n) is 6.33. The second kappa shape index (κ2) is 8.86. The maximum absolute atomic E-state index is 12.6. The minimum Gasteiger partial charge on any atom is -0.317 e. The molecule has 1 aromatic carbocycles. The fourth-order valence-electron chi connectivity index (χ4n) is 4.63. The van der Waals surface area contributed by atoms with E-state index in [9.17, 15) is 4.79 Å². The minimum absolute atomic E-state index is 0.0653. The fourth-order valence-corrected chi connectivity index (χ4v) is 4.63. The first-order chi connectivity index (χ1) is 13.7. The lowest BCUT2D eigenvalue weighted by Crippen LogP contribution is -2.27. The first-order valence-corrected chi connectivity index (χ1v) is 10.7. The SMILES string of the molecule is Cn1nc(C2CCNCC2)nc1NC(=O)CC1CCC(c2ccccc2)CC1. The molecule has 4 rings (SSSR count). The van der Waals surface area contributed by atoms with E-state index < -0.39 is 0 Å². The maximum Gasteiger partial charge on any atom is 0.227 e. The Balaban J connectivity index is 1.27. The van der Waals surface area contributed by atoms with Gasteiger partial charge < -0.3 is 5.32 Å². The normalized spacial score (nSPS) is 23.5. The Hall–Kier alpha value is -2.21. The Morgan fingerprint density at radius 1 is 1.07 bits per heavy atom. The molecule has 0 atom stereocenters. The van der Waals surface area contributed by atoms with Crippen LogP contribution in [-0.4, -0.2) is 33.8 Å². The lowest BCUT2D eigenvalue weighted by molar-refractivity contribution is -0.117. The number of hydrogen-bond acceptors (Lipinski definition) is 4. The smallest absolute Gasteiger partial charge is 0.227 e. The Bertz CT molecular complexity index is 773. The fraction of sp³-hybridized carbons (Fsp3) is 0.591. The number of benzene rings is 1. The van der Waals surface area contributed by atoms with Crippen LogP contribution < -0.4 is 10.6 Å². The molecule has 1 saturated carbocycles. The van der Waals surface area contributed by atoms with Crippen molar-refractivity contribution in [1.82, 2.24) is 20.1 Å². The quantitative estimate of drug-likeness (QED) is 0.830. The lowest BCUT2D eigenvalue weighted by atomic mass is 9.77. The first kappa shape index (κ1) is 19.1. The summed E-state index contributed by atoms with van der Waals surface area (Å²) in [5.74, 6) is 3.02. The highest BCUT2D eigenvalue weighted by atomic mass is 16.1. The monoisotopic (exact) mass is 381 g/mol. The van der Waals surface area contributed by atoms with Crippen LogP contribution in [0.15, 0.2) is 30.3 Å². The number of carbonyl (C=O) groups excluding carboxylic acids is 1. The van der Waals surface area contributed by atoms with Crippen LogP contribution in [0.1, 0.15) is 68.2 Å². The summed E-state index contributed by atoms with van der Waals surface area (Å²) in [5.41, 5.74) is 1.44. The van der Waals surface area contributed by atoms with Crippen molar-refractivity contribution in [2.75, 3.05) is 18.4 Å². The summed E-state index contributed by atoms with van der Waals surface area (Å²) in [4.78, 5) is 17.2. The predicted molar refractivity (Wildman–Crippen MR) is 110 cm³/mol. The molecule has 2 heterocycles. The van der Waals surface area contributed by atoms with Crippen molar-refractivity contribution < 1.29 is 4.79 Å². The highest BCUT2D eigenvalue weighted by Gasteiger charge is 2.25. The van der Waals surface area contributed by atoms with E-state index in [0.29, 0.717) is 30.1 Å². The van der Waals surface area contributed by atoms with Gasteiger partial charge in [0.25, 0.3) is 0 Å². The molecule has 1 amide bonds. The van der Waals surface area contributed by atoms with E-state index in [-0.39, 0.29) is 5.91 Å². The van der Waals surface area contributed by atoms with E-state index in [1.807, 2.05) is 7.05 Å². The minimum atomic E-state index is 0.0653. The summed E-state index contributed by atoms with van der Waals surface area (Å²) in [6, 6.07) is 10.8. The number of aromatic nitrogens is 3. The third kappa shape index (κ3) is 4.61. The van der Waals surface area contributed by atoms with Gasteiger partial charge in [-0.2, -0.15) is 10.1 Å². The largest absolute Gasteiger partial charge is 0.317 e. The van der Waals surface area contributed by atoms with Crippen LogP contribution in [-0.2, 0) is 11.8 Å². The van der Waals surface area contributed by atoms with Crippen LogP contribution in [0.5, 0.6) is 0 Å². The van der Waals surface area contributed by atoms with E-state index >= 15 is 0 Å². The summed E-state index contributed by atoms with van der Waals surface area (Å²) in [6.45, 7) is 2.02. The molecule has 6 nitrogen and oxygen atoms in total. The highest BCUT2D eigenvalue weighted by molar-refractivity contribution is 5.89. The predicted octanol–water partition coefficient (Wildman–Crippen LogP) is 3.58. The van der Waals surface area contributed by atoms with E-state index in [2.05, 4.69) is 51.0 Å². The molecule has 2 N–H and O–H groups in total. The second-order valence-electron chi connectivity index (χ2n) is 8.32. The molecular weight excluding hydrogens is 350 g/mol. The van der Waals surface area contributed by atoms with E-state index in [0.717, 1.165) is 44.6 Å². The first-order valence-electron chi connectivity index (χ1n) is 10.7. The number of piperidine rings is 1. The average molecular weight is 382 g/mol. The molecule has 1 aliphatic heterocycles. The van der Waals surface area contributed by atoms with Crippen molar-refractivity contribution in [2.45, 2.75) is 56.8 Å². The van der Waals surface area contributed by atoms with Crippen LogP contribution in [0.25, 0.3) is 0 Å².